The molecule has 0 aliphatic rings. The first-order valence-electron chi connectivity index (χ1n) is 13.0. The number of rotatable bonds is 4. The molecule has 0 bridgehead atoms. The lowest BCUT2D eigenvalue weighted by Gasteiger charge is -2.15. The number of hydrogen-bond acceptors (Lipinski definition) is 1. The van der Waals surface area contributed by atoms with E-state index in [-0.39, 0.29) is 0 Å². The summed E-state index contributed by atoms with van der Waals surface area (Å²) in [7, 11) is 0. The minimum Gasteiger partial charge on any atom is -0.338 e. The molecule has 0 radical (unpaired) electrons. The number of aromatic nitrogens is 2. The van der Waals surface area contributed by atoms with Crippen LogP contribution in [0.4, 0.5) is 0 Å². The molecule has 0 saturated heterocycles. The lowest BCUT2D eigenvalue weighted by atomic mass is 9.89. The van der Waals surface area contributed by atoms with Crippen molar-refractivity contribution in [3.8, 4) is 22.3 Å². The molecule has 0 aliphatic carbocycles. The van der Waals surface area contributed by atoms with Crippen LogP contribution >= 0.6 is 0 Å². The molecule has 7 rings (SSSR count). The third-order valence-electron chi connectivity index (χ3n) is 7.31. The Morgan fingerprint density at radius 3 is 1.76 bits per heavy atom. The summed E-state index contributed by atoms with van der Waals surface area (Å²) in [6.07, 6.45) is 8.12. The van der Waals surface area contributed by atoms with Gasteiger partial charge in [0.15, 0.2) is 0 Å². The van der Waals surface area contributed by atoms with E-state index in [1.807, 2.05) is 31.2 Å². The molecule has 0 spiro atoms. The van der Waals surface area contributed by atoms with Gasteiger partial charge in [-0.3, -0.25) is 0 Å². The summed E-state index contributed by atoms with van der Waals surface area (Å²) in [5.74, 6) is 0.845. The number of nitrogens with zero attached hydrogens (tertiary/aromatic N) is 1. The molecule has 0 aliphatic heterocycles. The van der Waals surface area contributed by atoms with E-state index in [0.717, 1.165) is 22.4 Å². The standard InChI is InChI=1S/C36H26N2/c1-2-3-4-17-32-37-35-33(28-20-18-24-11-5-7-13-26(24)22-28)30-15-9-10-16-31(30)34(36(35)38-32)29-21-19-25-12-6-8-14-27(25)23-29/h2-23H,1H3,(H,37,38)/b3-2-,17-4-. The van der Waals surface area contributed by atoms with Gasteiger partial charge < -0.3 is 4.98 Å². The zero-order valence-corrected chi connectivity index (χ0v) is 21.1. The third-order valence-corrected chi connectivity index (χ3v) is 7.31. The van der Waals surface area contributed by atoms with Gasteiger partial charge in [-0.2, -0.15) is 0 Å². The molecule has 1 N–H and O–H groups in total. The van der Waals surface area contributed by atoms with Crippen molar-refractivity contribution in [2.24, 2.45) is 0 Å². The van der Waals surface area contributed by atoms with Crippen LogP contribution in [-0.2, 0) is 0 Å². The molecule has 6 aromatic carbocycles. The van der Waals surface area contributed by atoms with Gasteiger partial charge in [-0.05, 0) is 68.6 Å². The largest absolute Gasteiger partial charge is 0.338 e. The highest BCUT2D eigenvalue weighted by molar-refractivity contribution is 6.20. The topological polar surface area (TPSA) is 28.7 Å². The fourth-order valence-corrected chi connectivity index (χ4v) is 5.55. The zero-order valence-electron chi connectivity index (χ0n) is 21.1. The first-order valence-corrected chi connectivity index (χ1v) is 13.0. The molecule has 0 amide bonds. The van der Waals surface area contributed by atoms with Crippen LogP contribution in [0.3, 0.4) is 0 Å². The number of imidazole rings is 1. The van der Waals surface area contributed by atoms with E-state index in [2.05, 4.69) is 114 Å². The molecule has 0 unspecified atom stereocenters. The van der Waals surface area contributed by atoms with Crippen molar-refractivity contribution in [1.29, 1.82) is 0 Å². The van der Waals surface area contributed by atoms with E-state index in [1.165, 1.54) is 49.0 Å². The molecular formula is C36H26N2. The molecule has 1 aromatic heterocycles. The van der Waals surface area contributed by atoms with E-state index in [4.69, 9.17) is 4.98 Å². The predicted octanol–water partition coefficient (Wildman–Crippen LogP) is 9.95. The van der Waals surface area contributed by atoms with Gasteiger partial charge in [0.25, 0.3) is 0 Å². The second-order valence-corrected chi connectivity index (χ2v) is 9.65. The highest BCUT2D eigenvalue weighted by atomic mass is 14.9. The number of benzene rings is 6. The molecule has 0 atom stereocenters. The fraction of sp³-hybridized carbons (Fsp3) is 0.0278. The number of nitrogens with one attached hydrogen (secondary N) is 1. The highest BCUT2D eigenvalue weighted by Gasteiger charge is 2.20. The maximum Gasteiger partial charge on any atom is 0.131 e. The highest BCUT2D eigenvalue weighted by Crippen LogP contribution is 2.43. The molecule has 0 saturated carbocycles. The summed E-state index contributed by atoms with van der Waals surface area (Å²) in [4.78, 5) is 8.84. The van der Waals surface area contributed by atoms with Crippen molar-refractivity contribution in [1.82, 2.24) is 9.97 Å². The molecule has 38 heavy (non-hydrogen) atoms. The Bertz CT molecular complexity index is 1900. The summed E-state index contributed by atoms with van der Waals surface area (Å²) < 4.78 is 0. The Morgan fingerprint density at radius 1 is 0.579 bits per heavy atom. The average Bonchev–Trinajstić information content (AvgIpc) is 3.38. The van der Waals surface area contributed by atoms with Crippen molar-refractivity contribution >= 4 is 49.4 Å². The summed E-state index contributed by atoms with van der Waals surface area (Å²) >= 11 is 0. The molecule has 2 nitrogen and oxygen atoms in total. The molecule has 0 fully saturated rings. The van der Waals surface area contributed by atoms with Crippen LogP contribution < -0.4 is 0 Å². The summed E-state index contributed by atoms with van der Waals surface area (Å²) in [6, 6.07) is 39.2. The molecule has 7 aromatic rings. The number of allylic oxidation sites excluding steroid dienone is 3. The van der Waals surface area contributed by atoms with Crippen molar-refractivity contribution in [2.45, 2.75) is 6.92 Å². The van der Waals surface area contributed by atoms with Gasteiger partial charge in [-0.15, -0.1) is 0 Å². The first kappa shape index (κ1) is 22.3. The van der Waals surface area contributed by atoms with Gasteiger partial charge in [0, 0.05) is 11.1 Å². The molecular weight excluding hydrogens is 460 g/mol. The quantitative estimate of drug-likeness (QED) is 0.246. The Hall–Kier alpha value is -4.95. The second-order valence-electron chi connectivity index (χ2n) is 9.65. The van der Waals surface area contributed by atoms with Crippen LogP contribution in [0.25, 0.3) is 71.7 Å². The SMILES string of the molecule is C/C=C\C=C/c1nc2c(-c3ccc4ccccc4c3)c3ccccc3c(-c3ccc4ccccc4c3)c2[nH]1. The molecule has 2 heteroatoms. The van der Waals surface area contributed by atoms with Crippen LogP contribution in [0.5, 0.6) is 0 Å². The van der Waals surface area contributed by atoms with Crippen LogP contribution in [0, 0.1) is 0 Å². The zero-order chi connectivity index (χ0) is 25.5. The van der Waals surface area contributed by atoms with Gasteiger partial charge in [0.2, 0.25) is 0 Å². The van der Waals surface area contributed by atoms with E-state index in [1.54, 1.807) is 0 Å². The van der Waals surface area contributed by atoms with E-state index < -0.39 is 0 Å². The summed E-state index contributed by atoms with van der Waals surface area (Å²) in [5, 5.41) is 7.35. The lowest BCUT2D eigenvalue weighted by Crippen LogP contribution is -1.90. The maximum atomic E-state index is 5.16. The summed E-state index contributed by atoms with van der Waals surface area (Å²) in [6.45, 7) is 2.02. The lowest BCUT2D eigenvalue weighted by molar-refractivity contribution is 1.29. The summed E-state index contributed by atoms with van der Waals surface area (Å²) in [5.41, 5.74) is 6.74. The van der Waals surface area contributed by atoms with Crippen LogP contribution in [0.15, 0.2) is 127 Å². The van der Waals surface area contributed by atoms with Gasteiger partial charge in [-0.1, -0.05) is 115 Å². The van der Waals surface area contributed by atoms with Gasteiger partial charge in [0.05, 0.1) is 11.0 Å². The van der Waals surface area contributed by atoms with Gasteiger partial charge in [-0.25, -0.2) is 4.98 Å². The van der Waals surface area contributed by atoms with Crippen LogP contribution in [-0.4, -0.2) is 9.97 Å². The Kier molecular flexibility index (Phi) is 5.37. The number of aromatic amines is 1. The second kappa shape index (κ2) is 9.17. The van der Waals surface area contributed by atoms with Crippen molar-refractivity contribution < 1.29 is 0 Å². The minimum atomic E-state index is 0.845. The third kappa shape index (κ3) is 3.70. The Labute approximate surface area is 221 Å². The average molecular weight is 487 g/mol. The first-order chi connectivity index (χ1) is 18.8. The fourth-order valence-electron chi connectivity index (χ4n) is 5.55. The molecule has 180 valence electrons. The van der Waals surface area contributed by atoms with E-state index in [0.29, 0.717) is 0 Å². The van der Waals surface area contributed by atoms with E-state index in [9.17, 15) is 0 Å². The number of fused-ring (bicyclic) bond motifs is 4. The minimum absolute atomic E-state index is 0.845. The van der Waals surface area contributed by atoms with Crippen molar-refractivity contribution in [3.63, 3.8) is 0 Å². The van der Waals surface area contributed by atoms with Crippen LogP contribution in [0.1, 0.15) is 12.7 Å². The smallest absolute Gasteiger partial charge is 0.131 e. The monoisotopic (exact) mass is 486 g/mol. The maximum absolute atomic E-state index is 5.16. The van der Waals surface area contributed by atoms with Crippen molar-refractivity contribution in [2.75, 3.05) is 0 Å². The van der Waals surface area contributed by atoms with E-state index >= 15 is 0 Å². The van der Waals surface area contributed by atoms with Gasteiger partial charge >= 0.3 is 0 Å². The Balaban J connectivity index is 1.59. The normalized spacial score (nSPS) is 12.1. The van der Waals surface area contributed by atoms with Crippen molar-refractivity contribution in [3.05, 3.63) is 133 Å². The van der Waals surface area contributed by atoms with Crippen LogP contribution in [0.2, 0.25) is 0 Å². The number of hydrogen-bond donors (Lipinski definition) is 1. The molecule has 1 heterocycles. The van der Waals surface area contributed by atoms with Gasteiger partial charge in [0.1, 0.15) is 5.82 Å². The predicted molar refractivity (Wildman–Crippen MR) is 163 cm³/mol. The number of H-pyrrole nitrogens is 1. The Morgan fingerprint density at radius 2 is 1.13 bits per heavy atom.